The van der Waals surface area contributed by atoms with Crippen LogP contribution in [0.3, 0.4) is 0 Å². The Balaban J connectivity index is 0.000000161. The van der Waals surface area contributed by atoms with Crippen LogP contribution in [0.5, 0.6) is 46.0 Å². The number of aryl methyl sites for hydroxylation is 12. The molecule has 145 heavy (non-hydrogen) atoms. The van der Waals surface area contributed by atoms with E-state index in [1.807, 2.05) is 171 Å². The van der Waals surface area contributed by atoms with E-state index in [1.54, 1.807) is 113 Å². The molecule has 5 N–H and O–H groups in total. The zero-order chi connectivity index (χ0) is 105. The number of hydrogen-bond acceptors (Lipinski definition) is 25. The van der Waals surface area contributed by atoms with E-state index in [9.17, 15) is 45.9 Å². The Bertz CT molecular complexity index is 7780. The number of aromatic nitrogens is 11. The molecule has 39 heteroatoms. The summed E-state index contributed by atoms with van der Waals surface area (Å²) in [6.45, 7) is 21.7. The Labute approximate surface area is 856 Å². The number of alkyl halides is 2. The van der Waals surface area contributed by atoms with Gasteiger partial charge in [0.25, 0.3) is 0 Å². The van der Waals surface area contributed by atoms with Crippen LogP contribution in [0.4, 0.5) is 80.1 Å². The molecule has 16 aromatic rings. The molecule has 6 heterocycles. The molecule has 16 rings (SSSR count). The van der Waals surface area contributed by atoms with Gasteiger partial charge in [-0.3, -0.25) is 24.0 Å². The highest BCUT2D eigenvalue weighted by atomic mass is 35.5. The van der Waals surface area contributed by atoms with Crippen molar-refractivity contribution in [2.24, 2.45) is 0 Å². The molecule has 0 aliphatic heterocycles. The van der Waals surface area contributed by atoms with Crippen LogP contribution in [-0.2, 0) is 32.7 Å². The average molecular weight is 2080 g/mol. The number of nitrogens with one attached hydrogen (secondary N) is 5. The van der Waals surface area contributed by atoms with E-state index >= 15 is 0 Å². The summed E-state index contributed by atoms with van der Waals surface area (Å²) in [7, 11) is 10.3. The third-order valence-electron chi connectivity index (χ3n) is 22.7. The van der Waals surface area contributed by atoms with Crippen molar-refractivity contribution in [3.8, 4) is 46.0 Å². The SMILES string of the molecule is COc1cc(C)c(Nc2nc(=O)c(OC)cn2Cc2cc(C)cc(F)c2)cc1C.COc1ccc(C)c(Nc2nc(=O)c(OC)cn2Cc2ccc(F)c(C)c2)c1.COc1cn(Cc2ccc(C)c(Cl)c2)c(Nc2cc3sc(C)nc3cc2C)nc1=O.COc1cn(Cc2ccc(C)c(Cl)c2)c(Nc2ccc(OC(F)F)cc2C)nc1=O.COc1cn(Cc2ccc(F)c(Cl)c2)c(Nc2cc(C)c(Cl)cc2C)nc1=O. The molecular weight excluding hydrogens is 1970 g/mol. The normalized spacial score (nSPS) is 10.8. The van der Waals surface area contributed by atoms with Gasteiger partial charge >= 0.3 is 34.4 Å². The van der Waals surface area contributed by atoms with Gasteiger partial charge in [0.2, 0.25) is 58.5 Å². The van der Waals surface area contributed by atoms with Crippen molar-refractivity contribution in [3.63, 3.8) is 0 Å². The lowest BCUT2D eigenvalue weighted by Gasteiger charge is -2.18. The van der Waals surface area contributed by atoms with Gasteiger partial charge in [0.15, 0.2) is 0 Å². The molecule has 0 spiro atoms. The van der Waals surface area contributed by atoms with E-state index in [-0.39, 0.29) is 57.1 Å². The molecule has 0 fully saturated rings. The predicted octanol–water partition coefficient (Wildman–Crippen LogP) is 23.2. The minimum Gasteiger partial charge on any atom is -0.497 e. The second-order valence-corrected chi connectivity index (χ2v) is 36.4. The largest absolute Gasteiger partial charge is 0.497 e. The van der Waals surface area contributed by atoms with Gasteiger partial charge in [-0.15, -0.1) is 11.3 Å². The summed E-state index contributed by atoms with van der Waals surface area (Å²) in [6, 6.07) is 47.4. The van der Waals surface area contributed by atoms with Crippen molar-refractivity contribution in [1.29, 1.82) is 0 Å². The summed E-state index contributed by atoms with van der Waals surface area (Å²) < 4.78 is 116. The van der Waals surface area contributed by atoms with E-state index in [0.717, 1.165) is 122 Å². The van der Waals surface area contributed by atoms with E-state index in [2.05, 4.69) is 61.2 Å². The highest BCUT2D eigenvalue weighted by molar-refractivity contribution is 7.18. The quantitative estimate of drug-likeness (QED) is 0.0272. The molecule has 0 aliphatic rings. The number of halogens is 9. The highest BCUT2D eigenvalue weighted by Gasteiger charge is 2.22. The fourth-order valence-corrected chi connectivity index (χ4v) is 16.4. The molecule has 0 saturated carbocycles. The van der Waals surface area contributed by atoms with Crippen molar-refractivity contribution < 1.29 is 59.8 Å². The standard InChI is InChI=1S/C22H21ClN4O2S.C22H24FN3O3.C21H20ClF2N3O3.C21H22FN3O3.C20H18Cl2FN3O2/c1-12-5-6-15(8-16(12)23)10-27-11-19(29-4)21(28)26-22(27)25-17-9-20-18(7-13(17)2)24-14(3)30-20;1-13-6-16(10-17(23)7-13)11-26-12-20(29-5)21(27)25-22(26)24-18-8-15(3)19(28-4)9-14(18)2;1-12-4-5-14(9-16(12)22)10-27-11-18(29-3)19(28)26-21(27)25-17-7-6-15(8-13(17)2)30-20(23)24;1-13-5-7-16(27-3)10-18(13)23-21-24-20(26)19(28-4)12-25(21)11-15-6-8-17(22)14(2)9-15;1-11-7-17(12(2)6-14(11)21)24-20-25-19(27)18(28-3)10-26(20)9-13-4-5-16(23)15(22)8-13/h5-9,11H,10H2,1-4H3,(H,25,26,28);6-10,12H,11H2,1-5H3,(H,24,25,27);4-9,11,20H,10H2,1-3H3,(H,25,26,28);5-10,12H,11H2,1-4H3,(H,23,24,26);4-8,10H,9H2,1-3H3,(H,24,25,27). The number of thiazole rings is 1. The zero-order valence-electron chi connectivity index (χ0n) is 82.6. The second-order valence-electron chi connectivity index (χ2n) is 33.5. The van der Waals surface area contributed by atoms with Gasteiger partial charge in [-0.1, -0.05) is 101 Å². The molecule has 0 saturated heterocycles. The van der Waals surface area contributed by atoms with Gasteiger partial charge in [0, 0.05) is 49.6 Å². The zero-order valence-corrected chi connectivity index (χ0v) is 86.5. The van der Waals surface area contributed by atoms with Crippen LogP contribution < -0.4 is 92.3 Å². The number of hydrogen-bond donors (Lipinski definition) is 5. The molecule has 29 nitrogen and oxygen atoms in total. The third-order valence-corrected chi connectivity index (χ3v) is 25.1. The maximum atomic E-state index is 13.8. The number of fused-ring (bicyclic) bond motifs is 1. The lowest BCUT2D eigenvalue weighted by molar-refractivity contribution is -0.0498. The summed E-state index contributed by atoms with van der Waals surface area (Å²) in [6.07, 6.45) is 7.92. The van der Waals surface area contributed by atoms with E-state index in [0.29, 0.717) is 94.1 Å². The van der Waals surface area contributed by atoms with E-state index < -0.39 is 40.2 Å². The van der Waals surface area contributed by atoms with Crippen LogP contribution in [-0.4, -0.2) is 109 Å². The Kier molecular flexibility index (Phi) is 36.8. The summed E-state index contributed by atoms with van der Waals surface area (Å²) in [5.74, 6) is 2.78. The van der Waals surface area contributed by atoms with Gasteiger partial charge in [0.1, 0.15) is 34.7 Å². The molecule has 0 radical (unpaired) electrons. The van der Waals surface area contributed by atoms with Gasteiger partial charge in [-0.05, 0) is 275 Å². The number of ether oxygens (including phenoxy) is 8. The predicted molar refractivity (Wildman–Crippen MR) is 561 cm³/mol. The summed E-state index contributed by atoms with van der Waals surface area (Å²) >= 11 is 26.2. The lowest BCUT2D eigenvalue weighted by Crippen LogP contribution is -2.19. The second kappa shape index (κ2) is 49.1. The van der Waals surface area contributed by atoms with E-state index in [1.165, 1.54) is 78.0 Å². The average Bonchev–Trinajstić information content (AvgIpc) is 1.31. The van der Waals surface area contributed by atoms with Crippen molar-refractivity contribution in [1.82, 2.24) is 52.7 Å². The minimum absolute atomic E-state index is 0.0251. The molecule has 0 amide bonds. The molecule has 0 bridgehead atoms. The Morgan fingerprint density at radius 1 is 0.303 bits per heavy atom. The Hall–Kier alpha value is -15.3. The fraction of sp³-hybridized carbons (Fsp3) is 0.236. The first-order valence-electron chi connectivity index (χ1n) is 44.7. The number of benzene rings is 10. The maximum Gasteiger partial charge on any atom is 0.387 e. The number of nitrogens with zero attached hydrogens (tertiary/aromatic N) is 11. The third kappa shape index (κ3) is 28.6. The topological polar surface area (TPSA) is 321 Å². The number of rotatable bonds is 29. The van der Waals surface area contributed by atoms with Crippen molar-refractivity contribution >= 4 is 126 Å². The highest BCUT2D eigenvalue weighted by Crippen LogP contribution is 2.36. The monoisotopic (exact) mass is 2080 g/mol. The van der Waals surface area contributed by atoms with Crippen LogP contribution in [0.1, 0.15) is 94.0 Å². The molecule has 0 unspecified atom stereocenters. The fourth-order valence-electron chi connectivity index (χ4n) is 14.8. The first-order chi connectivity index (χ1) is 69.1. The smallest absolute Gasteiger partial charge is 0.387 e. The molecule has 0 atom stereocenters. The van der Waals surface area contributed by atoms with Gasteiger partial charge in [-0.25, -0.2) is 18.2 Å². The molecule has 6 aromatic heterocycles. The van der Waals surface area contributed by atoms with Crippen LogP contribution in [0.15, 0.2) is 219 Å². The summed E-state index contributed by atoms with van der Waals surface area (Å²) in [5, 5.41) is 19.0. The van der Waals surface area contributed by atoms with Crippen LogP contribution in [0, 0.1) is 101 Å². The van der Waals surface area contributed by atoms with Crippen LogP contribution >= 0.6 is 57.7 Å². The van der Waals surface area contributed by atoms with Crippen molar-refractivity contribution in [2.75, 3.05) is 76.4 Å². The van der Waals surface area contributed by atoms with Crippen LogP contribution in [0.25, 0.3) is 10.2 Å². The maximum absolute atomic E-state index is 13.8. The minimum atomic E-state index is -2.90. The summed E-state index contributed by atoms with van der Waals surface area (Å²) in [4.78, 5) is 86.4. The van der Waals surface area contributed by atoms with Gasteiger partial charge in [-0.2, -0.15) is 33.7 Å². The molecule has 756 valence electrons. The van der Waals surface area contributed by atoms with E-state index in [4.69, 9.17) is 79.6 Å². The summed E-state index contributed by atoms with van der Waals surface area (Å²) in [5.41, 5.74) is 16.2. The van der Waals surface area contributed by atoms with Gasteiger partial charge < -0.3 is 87.3 Å². The first kappa shape index (κ1) is 109. The number of methoxy groups -OCH3 is 7. The Morgan fingerprint density at radius 3 is 1.08 bits per heavy atom. The molecule has 0 aliphatic carbocycles. The lowest BCUT2D eigenvalue weighted by atomic mass is 10.1. The molecule has 10 aromatic carbocycles. The molecular formula is C106H105Cl4F5N16O13S. The van der Waals surface area contributed by atoms with Gasteiger partial charge in [0.05, 0.1) is 134 Å². The Morgan fingerprint density at radius 2 is 0.669 bits per heavy atom. The van der Waals surface area contributed by atoms with Crippen LogP contribution in [0.2, 0.25) is 20.1 Å². The number of anilines is 10. The first-order valence-corrected chi connectivity index (χ1v) is 47.0. The van der Waals surface area contributed by atoms with Crippen molar-refractivity contribution in [2.45, 2.75) is 122 Å². The van der Waals surface area contributed by atoms with Crippen molar-refractivity contribution in [3.05, 3.63) is 378 Å².